The number of nitrogens with two attached hydrogens (primary N) is 1. The maximum Gasteiger partial charge on any atom is 0.419 e. The molecule has 0 aromatic heterocycles. The first-order valence-corrected chi connectivity index (χ1v) is 7.16. The number of hydrogen-bond acceptors (Lipinski definition) is 2. The smallest absolute Gasteiger partial charge is 0.370 e. The van der Waals surface area contributed by atoms with Crippen LogP contribution in [0.3, 0.4) is 0 Å². The number of halogens is 4. The molecule has 1 aliphatic heterocycles. The van der Waals surface area contributed by atoms with Crippen LogP contribution in [0, 0.1) is 5.82 Å². The fourth-order valence-electron chi connectivity index (χ4n) is 2.75. The zero-order chi connectivity index (χ0) is 17.2. The largest absolute Gasteiger partial charge is 0.419 e. The van der Waals surface area contributed by atoms with E-state index in [1.54, 1.807) is 0 Å². The van der Waals surface area contributed by atoms with Crippen molar-refractivity contribution in [2.45, 2.75) is 37.9 Å². The Morgan fingerprint density at radius 3 is 2.57 bits per heavy atom. The molecule has 0 unspecified atom stereocenters. The number of benzene rings is 1. The lowest BCUT2D eigenvalue weighted by Gasteiger charge is -2.35. The number of carbonyl (C=O) groups is 2. The Bertz CT molecular complexity index is 616. The molecule has 1 aliphatic rings. The van der Waals surface area contributed by atoms with Crippen LogP contribution in [0.5, 0.6) is 0 Å². The number of alkyl halides is 3. The number of nitrogens with zero attached hydrogens (tertiary/aromatic N) is 1. The van der Waals surface area contributed by atoms with Crippen LogP contribution in [0.1, 0.15) is 41.6 Å². The predicted octanol–water partition coefficient (Wildman–Crippen LogP) is 2.71. The van der Waals surface area contributed by atoms with Gasteiger partial charge in [-0.15, -0.1) is 0 Å². The molecule has 0 radical (unpaired) electrons. The van der Waals surface area contributed by atoms with Gasteiger partial charge in [-0.25, -0.2) is 4.39 Å². The van der Waals surface area contributed by atoms with Crippen LogP contribution in [0.25, 0.3) is 0 Å². The SMILES string of the molecule is NC(=O)C[C@@H]1CCCCN1C(=O)c1ccc(F)c(C(F)(F)F)c1. The highest BCUT2D eigenvalue weighted by atomic mass is 19.4. The Morgan fingerprint density at radius 1 is 1.26 bits per heavy atom. The van der Waals surface area contributed by atoms with Gasteiger partial charge < -0.3 is 10.6 Å². The molecule has 1 aromatic rings. The van der Waals surface area contributed by atoms with Crippen LogP contribution in [0.2, 0.25) is 0 Å². The summed E-state index contributed by atoms with van der Waals surface area (Å²) < 4.78 is 51.6. The number of hydrogen-bond donors (Lipinski definition) is 1. The number of rotatable bonds is 3. The molecule has 23 heavy (non-hydrogen) atoms. The second kappa shape index (κ2) is 6.55. The summed E-state index contributed by atoms with van der Waals surface area (Å²) in [5.74, 6) is -2.66. The van der Waals surface area contributed by atoms with Gasteiger partial charge >= 0.3 is 6.18 Å². The minimum absolute atomic E-state index is 0.0426. The highest BCUT2D eigenvalue weighted by Gasteiger charge is 2.36. The minimum Gasteiger partial charge on any atom is -0.370 e. The molecule has 1 aromatic carbocycles. The quantitative estimate of drug-likeness (QED) is 0.865. The number of amides is 2. The maximum atomic E-state index is 13.3. The summed E-state index contributed by atoms with van der Waals surface area (Å²) in [6.07, 6.45) is -2.87. The minimum atomic E-state index is -4.88. The van der Waals surface area contributed by atoms with Crippen molar-refractivity contribution in [1.82, 2.24) is 4.90 Å². The summed E-state index contributed by atoms with van der Waals surface area (Å²) in [5.41, 5.74) is 3.42. The topological polar surface area (TPSA) is 63.4 Å². The van der Waals surface area contributed by atoms with E-state index >= 15 is 0 Å². The van der Waals surface area contributed by atoms with Crippen molar-refractivity contribution in [2.24, 2.45) is 5.73 Å². The van der Waals surface area contributed by atoms with Crippen molar-refractivity contribution in [3.63, 3.8) is 0 Å². The van der Waals surface area contributed by atoms with E-state index in [1.807, 2.05) is 0 Å². The summed E-state index contributed by atoms with van der Waals surface area (Å²) in [6.45, 7) is 0.329. The van der Waals surface area contributed by atoms with Gasteiger partial charge in [0.1, 0.15) is 5.82 Å². The van der Waals surface area contributed by atoms with E-state index in [9.17, 15) is 27.2 Å². The molecule has 2 amide bonds. The first-order chi connectivity index (χ1) is 10.7. The van der Waals surface area contributed by atoms with E-state index < -0.39 is 35.4 Å². The van der Waals surface area contributed by atoms with E-state index in [0.29, 0.717) is 31.5 Å². The highest BCUT2D eigenvalue weighted by Crippen LogP contribution is 2.32. The van der Waals surface area contributed by atoms with Crippen molar-refractivity contribution in [3.05, 3.63) is 35.1 Å². The summed E-state index contributed by atoms with van der Waals surface area (Å²) >= 11 is 0. The Morgan fingerprint density at radius 2 is 1.96 bits per heavy atom. The lowest BCUT2D eigenvalue weighted by molar-refractivity contribution is -0.140. The average Bonchev–Trinajstić information content (AvgIpc) is 2.46. The average molecular weight is 332 g/mol. The third kappa shape index (κ3) is 4.00. The predicted molar refractivity (Wildman–Crippen MR) is 73.9 cm³/mol. The van der Waals surface area contributed by atoms with E-state index in [2.05, 4.69) is 0 Å². The number of piperidine rings is 1. The molecule has 4 nitrogen and oxygen atoms in total. The van der Waals surface area contributed by atoms with Crippen molar-refractivity contribution in [1.29, 1.82) is 0 Å². The van der Waals surface area contributed by atoms with Gasteiger partial charge in [0.2, 0.25) is 5.91 Å². The van der Waals surface area contributed by atoms with Gasteiger partial charge in [-0.1, -0.05) is 0 Å². The van der Waals surface area contributed by atoms with Gasteiger partial charge in [0.25, 0.3) is 5.91 Å². The molecule has 0 bridgehead atoms. The lowest BCUT2D eigenvalue weighted by Crippen LogP contribution is -2.45. The van der Waals surface area contributed by atoms with Gasteiger partial charge in [0.15, 0.2) is 0 Å². The third-order valence-corrected chi connectivity index (χ3v) is 3.84. The van der Waals surface area contributed by atoms with Gasteiger partial charge in [0.05, 0.1) is 5.56 Å². The Kier molecular flexibility index (Phi) is 4.91. The molecule has 0 spiro atoms. The van der Waals surface area contributed by atoms with Crippen LogP contribution >= 0.6 is 0 Å². The maximum absolute atomic E-state index is 13.3. The normalized spacial score (nSPS) is 18.8. The van der Waals surface area contributed by atoms with Gasteiger partial charge in [0, 0.05) is 24.6 Å². The van der Waals surface area contributed by atoms with Crippen molar-refractivity contribution < 1.29 is 27.2 Å². The fraction of sp³-hybridized carbons (Fsp3) is 0.467. The molecule has 0 saturated carbocycles. The Balaban J connectivity index is 2.30. The third-order valence-electron chi connectivity index (χ3n) is 3.84. The summed E-state index contributed by atoms with van der Waals surface area (Å²) in [6, 6.07) is 1.72. The van der Waals surface area contributed by atoms with Crippen molar-refractivity contribution in [2.75, 3.05) is 6.54 Å². The summed E-state index contributed by atoms with van der Waals surface area (Å²) in [5, 5.41) is 0. The van der Waals surface area contributed by atoms with E-state index in [0.717, 1.165) is 12.5 Å². The standard InChI is InChI=1S/C15H16F4N2O2/c16-12-5-4-9(7-11(12)15(17,18)19)14(23)21-6-2-1-3-10(21)8-13(20)22/h4-5,7,10H,1-3,6,8H2,(H2,20,22)/t10-/m0/s1. The monoisotopic (exact) mass is 332 g/mol. The van der Waals surface area contributed by atoms with Crippen molar-refractivity contribution >= 4 is 11.8 Å². The van der Waals surface area contributed by atoms with E-state index in [4.69, 9.17) is 5.73 Å². The Hall–Kier alpha value is -2.12. The highest BCUT2D eigenvalue weighted by molar-refractivity contribution is 5.95. The zero-order valence-corrected chi connectivity index (χ0v) is 12.2. The van der Waals surface area contributed by atoms with Crippen LogP contribution in [0.4, 0.5) is 17.6 Å². The molecular weight excluding hydrogens is 316 g/mol. The van der Waals surface area contributed by atoms with Crippen LogP contribution in [0.15, 0.2) is 18.2 Å². The van der Waals surface area contributed by atoms with Crippen LogP contribution in [-0.2, 0) is 11.0 Å². The van der Waals surface area contributed by atoms with Gasteiger partial charge in [-0.3, -0.25) is 9.59 Å². The molecule has 1 saturated heterocycles. The zero-order valence-electron chi connectivity index (χ0n) is 12.2. The molecular formula is C15H16F4N2O2. The molecule has 1 fully saturated rings. The second-order valence-corrected chi connectivity index (χ2v) is 5.51. The molecule has 1 atom stereocenters. The summed E-state index contributed by atoms with van der Waals surface area (Å²) in [4.78, 5) is 24.9. The molecule has 0 aliphatic carbocycles. The molecule has 126 valence electrons. The molecule has 1 heterocycles. The molecule has 2 N–H and O–H groups in total. The lowest BCUT2D eigenvalue weighted by atomic mass is 9.97. The van der Waals surface area contributed by atoms with Crippen LogP contribution < -0.4 is 5.73 Å². The first-order valence-electron chi connectivity index (χ1n) is 7.16. The fourth-order valence-corrected chi connectivity index (χ4v) is 2.75. The van der Waals surface area contributed by atoms with E-state index in [-0.39, 0.29) is 12.0 Å². The van der Waals surface area contributed by atoms with Gasteiger partial charge in [-0.2, -0.15) is 13.2 Å². The van der Waals surface area contributed by atoms with Crippen LogP contribution in [-0.4, -0.2) is 29.3 Å². The Labute approximate surface area is 130 Å². The number of primary amides is 1. The second-order valence-electron chi connectivity index (χ2n) is 5.51. The summed E-state index contributed by atoms with van der Waals surface area (Å²) in [7, 11) is 0. The molecule has 8 heteroatoms. The molecule has 2 rings (SSSR count). The van der Waals surface area contributed by atoms with Gasteiger partial charge in [-0.05, 0) is 37.5 Å². The number of likely N-dealkylation sites (tertiary alicyclic amines) is 1. The number of carbonyl (C=O) groups excluding carboxylic acids is 2. The van der Waals surface area contributed by atoms with E-state index in [1.165, 1.54) is 4.90 Å². The van der Waals surface area contributed by atoms with Crippen molar-refractivity contribution in [3.8, 4) is 0 Å². The first kappa shape index (κ1) is 17.2.